The molecular formula is C23H20BrN3O3S. The number of ether oxygens (including phenoxy) is 1. The van der Waals surface area contributed by atoms with Crippen molar-refractivity contribution in [3.05, 3.63) is 81.3 Å². The number of hydrogen-bond acceptors (Lipinski definition) is 5. The first-order valence-electron chi connectivity index (χ1n) is 9.56. The molecule has 2 aromatic heterocycles. The quantitative estimate of drug-likeness (QED) is 0.391. The molecule has 0 spiro atoms. The fourth-order valence-electron chi connectivity index (χ4n) is 3.17. The number of carbonyl (C=O) groups is 1. The molecule has 0 fully saturated rings. The monoisotopic (exact) mass is 497 g/mol. The van der Waals surface area contributed by atoms with E-state index in [0.717, 1.165) is 26.2 Å². The Morgan fingerprint density at radius 1 is 1.16 bits per heavy atom. The number of benzene rings is 2. The van der Waals surface area contributed by atoms with Crippen LogP contribution < -0.4 is 10.3 Å². The molecule has 0 atom stereocenters. The molecule has 8 heteroatoms. The third-order valence-corrected chi connectivity index (χ3v) is 6.63. The molecule has 0 unspecified atom stereocenters. The molecule has 0 aliphatic heterocycles. The highest BCUT2D eigenvalue weighted by Crippen LogP contribution is 2.31. The first kappa shape index (κ1) is 21.3. The number of amides is 1. The van der Waals surface area contributed by atoms with Crippen molar-refractivity contribution in [3.8, 4) is 16.2 Å². The summed E-state index contributed by atoms with van der Waals surface area (Å²) in [7, 11) is 3.35. The van der Waals surface area contributed by atoms with Crippen LogP contribution in [0.3, 0.4) is 0 Å². The lowest BCUT2D eigenvalue weighted by Gasteiger charge is -2.18. The largest absolute Gasteiger partial charge is 0.497 e. The summed E-state index contributed by atoms with van der Waals surface area (Å²) in [4.78, 5) is 32.6. The Kier molecular flexibility index (Phi) is 6.20. The molecule has 2 heterocycles. The molecule has 0 bridgehead atoms. The summed E-state index contributed by atoms with van der Waals surface area (Å²) in [6.07, 6.45) is 1.44. The van der Waals surface area contributed by atoms with Crippen molar-refractivity contribution in [1.82, 2.24) is 14.5 Å². The van der Waals surface area contributed by atoms with Crippen LogP contribution in [0.1, 0.15) is 5.56 Å². The molecule has 0 aliphatic rings. The highest BCUT2D eigenvalue weighted by molar-refractivity contribution is 9.10. The van der Waals surface area contributed by atoms with Crippen molar-refractivity contribution in [2.24, 2.45) is 0 Å². The van der Waals surface area contributed by atoms with Gasteiger partial charge in [-0.2, -0.15) is 0 Å². The Balaban J connectivity index is 1.53. The van der Waals surface area contributed by atoms with Crippen molar-refractivity contribution < 1.29 is 9.53 Å². The number of nitrogens with zero attached hydrogens (tertiary/aromatic N) is 3. The van der Waals surface area contributed by atoms with E-state index in [2.05, 4.69) is 20.9 Å². The molecule has 2 aromatic carbocycles. The molecule has 31 heavy (non-hydrogen) atoms. The third kappa shape index (κ3) is 4.70. The lowest BCUT2D eigenvalue weighted by atomic mass is 10.2. The lowest BCUT2D eigenvalue weighted by Crippen LogP contribution is -2.33. The molecule has 0 aliphatic carbocycles. The smallest absolute Gasteiger partial charge is 0.271 e. The van der Waals surface area contributed by atoms with E-state index in [1.54, 1.807) is 19.1 Å². The topological polar surface area (TPSA) is 64.4 Å². The van der Waals surface area contributed by atoms with Crippen LogP contribution >= 0.6 is 27.3 Å². The zero-order chi connectivity index (χ0) is 22.0. The number of carbonyl (C=O) groups excluding carboxylic acids is 1. The number of hydrogen-bond donors (Lipinski definition) is 0. The molecule has 4 aromatic rings. The first-order valence-corrected chi connectivity index (χ1v) is 11.2. The fourth-order valence-corrected chi connectivity index (χ4v) is 4.50. The van der Waals surface area contributed by atoms with Crippen LogP contribution in [-0.4, -0.2) is 34.5 Å². The summed E-state index contributed by atoms with van der Waals surface area (Å²) >= 11 is 4.78. The van der Waals surface area contributed by atoms with Gasteiger partial charge in [0, 0.05) is 22.9 Å². The predicted molar refractivity (Wildman–Crippen MR) is 126 cm³/mol. The summed E-state index contributed by atoms with van der Waals surface area (Å²) in [6.45, 7) is 0.418. The van der Waals surface area contributed by atoms with Gasteiger partial charge >= 0.3 is 0 Å². The van der Waals surface area contributed by atoms with Crippen LogP contribution in [0.2, 0.25) is 0 Å². The van der Waals surface area contributed by atoms with E-state index in [0.29, 0.717) is 16.8 Å². The number of rotatable bonds is 6. The van der Waals surface area contributed by atoms with Crippen molar-refractivity contribution >= 4 is 43.4 Å². The van der Waals surface area contributed by atoms with Gasteiger partial charge in [0.25, 0.3) is 5.56 Å². The lowest BCUT2D eigenvalue weighted by molar-refractivity contribution is -0.131. The van der Waals surface area contributed by atoms with Crippen molar-refractivity contribution in [1.29, 1.82) is 0 Å². The van der Waals surface area contributed by atoms with Crippen molar-refractivity contribution in [2.45, 2.75) is 13.1 Å². The number of halogens is 1. The zero-order valence-corrected chi connectivity index (χ0v) is 19.4. The second-order valence-corrected chi connectivity index (χ2v) is 9.08. The normalized spacial score (nSPS) is 10.9. The van der Waals surface area contributed by atoms with Gasteiger partial charge in [-0.05, 0) is 53.6 Å². The Bertz CT molecular complexity index is 1280. The molecule has 4 rings (SSSR count). The molecule has 1 amide bonds. The van der Waals surface area contributed by atoms with E-state index >= 15 is 0 Å². The predicted octanol–water partition coefficient (Wildman–Crippen LogP) is 4.55. The molecule has 0 saturated carbocycles. The van der Waals surface area contributed by atoms with Crippen molar-refractivity contribution in [3.63, 3.8) is 0 Å². The van der Waals surface area contributed by atoms with Crippen molar-refractivity contribution in [2.75, 3.05) is 14.2 Å². The van der Waals surface area contributed by atoms with Crippen LogP contribution in [0.5, 0.6) is 5.75 Å². The number of methoxy groups -OCH3 is 1. The Morgan fingerprint density at radius 3 is 2.55 bits per heavy atom. The molecule has 0 saturated heterocycles. The molecule has 0 N–H and O–H groups in total. The molecule has 6 nitrogen and oxygen atoms in total. The van der Waals surface area contributed by atoms with Crippen LogP contribution in [0.4, 0.5) is 0 Å². The van der Waals surface area contributed by atoms with Crippen LogP contribution in [0, 0.1) is 0 Å². The summed E-state index contributed by atoms with van der Waals surface area (Å²) in [5, 5.41) is 0. The van der Waals surface area contributed by atoms with E-state index in [1.165, 1.54) is 22.2 Å². The second kappa shape index (κ2) is 9.03. The van der Waals surface area contributed by atoms with E-state index < -0.39 is 0 Å². The standard InChI is InChI=1S/C23H20BrN3O3S/c1-26(12-15-3-7-17(24)8-4-15)21(28)13-27-14-25-19-11-20(31-22(19)23(27)29)16-5-9-18(30-2)10-6-16/h3-11,14H,12-13H2,1-2H3. The Morgan fingerprint density at radius 2 is 1.87 bits per heavy atom. The highest BCUT2D eigenvalue weighted by atomic mass is 79.9. The third-order valence-electron chi connectivity index (χ3n) is 4.94. The van der Waals surface area contributed by atoms with E-state index in [1.807, 2.05) is 54.6 Å². The molecular weight excluding hydrogens is 478 g/mol. The minimum absolute atomic E-state index is 0.0510. The van der Waals surface area contributed by atoms with Gasteiger partial charge in [0.15, 0.2) is 0 Å². The fraction of sp³-hybridized carbons (Fsp3) is 0.174. The maximum atomic E-state index is 13.0. The van der Waals surface area contributed by atoms with Gasteiger partial charge in [-0.15, -0.1) is 11.3 Å². The number of likely N-dealkylation sites (N-methyl/N-ethyl adjacent to an activating group) is 1. The van der Waals surface area contributed by atoms with Gasteiger partial charge in [-0.3, -0.25) is 14.2 Å². The van der Waals surface area contributed by atoms with E-state index in [4.69, 9.17) is 4.74 Å². The second-order valence-electron chi connectivity index (χ2n) is 7.11. The SMILES string of the molecule is COc1ccc(-c2cc3ncn(CC(=O)N(C)Cc4ccc(Br)cc4)c(=O)c3s2)cc1. The molecule has 0 radical (unpaired) electrons. The first-order chi connectivity index (χ1) is 14.9. The summed E-state index contributed by atoms with van der Waals surface area (Å²) in [5.41, 5.74) is 2.43. The highest BCUT2D eigenvalue weighted by Gasteiger charge is 2.15. The maximum absolute atomic E-state index is 13.0. The maximum Gasteiger partial charge on any atom is 0.271 e. The van der Waals surface area contributed by atoms with Gasteiger partial charge in [0.05, 0.1) is 19.0 Å². The minimum atomic E-state index is -0.208. The van der Waals surface area contributed by atoms with Crippen LogP contribution in [0.15, 0.2) is 70.2 Å². The minimum Gasteiger partial charge on any atom is -0.497 e. The van der Waals surface area contributed by atoms with Gasteiger partial charge in [0.1, 0.15) is 17.0 Å². The van der Waals surface area contributed by atoms with E-state index in [9.17, 15) is 9.59 Å². The van der Waals surface area contributed by atoms with Gasteiger partial charge in [-0.1, -0.05) is 28.1 Å². The van der Waals surface area contributed by atoms with E-state index in [-0.39, 0.29) is 18.0 Å². The van der Waals surface area contributed by atoms with Gasteiger partial charge in [0.2, 0.25) is 5.91 Å². The molecule has 158 valence electrons. The number of aromatic nitrogens is 2. The Labute approximate surface area is 191 Å². The van der Waals surface area contributed by atoms with Gasteiger partial charge in [-0.25, -0.2) is 4.98 Å². The summed E-state index contributed by atoms with van der Waals surface area (Å²) < 4.78 is 8.10. The number of thiophene rings is 1. The summed E-state index contributed by atoms with van der Waals surface area (Å²) in [6, 6.07) is 17.3. The van der Waals surface area contributed by atoms with Crippen LogP contribution in [0.25, 0.3) is 20.7 Å². The Hall–Kier alpha value is -2.97. The van der Waals surface area contributed by atoms with Gasteiger partial charge < -0.3 is 9.64 Å². The van der Waals surface area contributed by atoms with Crippen LogP contribution in [-0.2, 0) is 17.9 Å². The average molecular weight is 498 g/mol. The zero-order valence-electron chi connectivity index (χ0n) is 17.0. The average Bonchev–Trinajstić information content (AvgIpc) is 3.22. The summed E-state index contributed by atoms with van der Waals surface area (Å²) in [5.74, 6) is 0.620. The number of fused-ring (bicyclic) bond motifs is 1.